The molecular formula is C12H11NO. The lowest BCUT2D eigenvalue weighted by atomic mass is 10.2. The number of fused-ring (bicyclic) bond motifs is 1. The number of hydrogen-bond donors (Lipinski definition) is 1. The maximum atomic E-state index is 5.61. The van der Waals surface area contributed by atoms with Gasteiger partial charge in [0.25, 0.3) is 0 Å². The Kier molecular flexibility index (Phi) is 2.26. The summed E-state index contributed by atoms with van der Waals surface area (Å²) in [5.41, 5.74) is 0.873. The van der Waals surface area contributed by atoms with Gasteiger partial charge >= 0.3 is 0 Å². The van der Waals surface area contributed by atoms with Gasteiger partial charge in [-0.2, -0.15) is 0 Å². The molecule has 0 spiro atoms. The first kappa shape index (κ1) is 8.86. The summed E-state index contributed by atoms with van der Waals surface area (Å²) >= 11 is 0. The van der Waals surface area contributed by atoms with E-state index in [1.54, 1.807) is 0 Å². The SMILES string of the molecule is C#CC(NC)c1cc2ccccc2o1. The van der Waals surface area contributed by atoms with Crippen LogP contribution in [0, 0.1) is 12.3 Å². The molecule has 1 N–H and O–H groups in total. The number of furan rings is 1. The van der Waals surface area contributed by atoms with E-state index in [1.165, 1.54) is 0 Å². The van der Waals surface area contributed by atoms with Crippen molar-refractivity contribution in [1.82, 2.24) is 5.32 Å². The molecule has 2 heteroatoms. The fraction of sp³-hybridized carbons (Fsp3) is 0.167. The highest BCUT2D eigenvalue weighted by atomic mass is 16.3. The van der Waals surface area contributed by atoms with Crippen LogP contribution in [-0.2, 0) is 0 Å². The monoisotopic (exact) mass is 185 g/mol. The van der Waals surface area contributed by atoms with Crippen molar-refractivity contribution in [2.75, 3.05) is 7.05 Å². The molecule has 1 aromatic carbocycles. The Morgan fingerprint density at radius 2 is 2.21 bits per heavy atom. The molecule has 2 rings (SSSR count). The van der Waals surface area contributed by atoms with Crippen LogP contribution in [0.1, 0.15) is 11.8 Å². The summed E-state index contributed by atoms with van der Waals surface area (Å²) in [6.07, 6.45) is 5.36. The van der Waals surface area contributed by atoms with Gasteiger partial charge in [-0.05, 0) is 19.2 Å². The molecule has 1 aromatic heterocycles. The van der Waals surface area contributed by atoms with Crippen molar-refractivity contribution in [3.8, 4) is 12.3 Å². The maximum absolute atomic E-state index is 5.61. The zero-order chi connectivity index (χ0) is 9.97. The smallest absolute Gasteiger partial charge is 0.134 e. The third kappa shape index (κ3) is 1.39. The molecule has 0 radical (unpaired) electrons. The predicted octanol–water partition coefficient (Wildman–Crippen LogP) is 2.33. The van der Waals surface area contributed by atoms with Crippen molar-refractivity contribution in [2.24, 2.45) is 0 Å². The van der Waals surface area contributed by atoms with E-state index in [1.807, 2.05) is 37.4 Å². The largest absolute Gasteiger partial charge is 0.458 e. The summed E-state index contributed by atoms with van der Waals surface area (Å²) in [6.45, 7) is 0. The number of terminal acetylenes is 1. The Labute approximate surface area is 82.9 Å². The predicted molar refractivity (Wildman–Crippen MR) is 56.8 cm³/mol. The van der Waals surface area contributed by atoms with E-state index in [9.17, 15) is 0 Å². The van der Waals surface area contributed by atoms with Crippen LogP contribution in [0.4, 0.5) is 0 Å². The van der Waals surface area contributed by atoms with Crippen molar-refractivity contribution in [3.05, 3.63) is 36.1 Å². The molecule has 0 saturated carbocycles. The van der Waals surface area contributed by atoms with E-state index in [2.05, 4.69) is 11.2 Å². The minimum absolute atomic E-state index is 0.151. The molecule has 0 aliphatic carbocycles. The second-order valence-corrected chi connectivity index (χ2v) is 3.07. The zero-order valence-corrected chi connectivity index (χ0v) is 7.95. The van der Waals surface area contributed by atoms with Gasteiger partial charge in [0.15, 0.2) is 0 Å². The van der Waals surface area contributed by atoms with Crippen LogP contribution in [0.15, 0.2) is 34.7 Å². The lowest BCUT2D eigenvalue weighted by Gasteiger charge is -2.03. The van der Waals surface area contributed by atoms with Crippen LogP contribution >= 0.6 is 0 Å². The van der Waals surface area contributed by atoms with Crippen LogP contribution in [0.3, 0.4) is 0 Å². The van der Waals surface area contributed by atoms with Gasteiger partial charge < -0.3 is 9.73 Å². The summed E-state index contributed by atoms with van der Waals surface area (Å²) in [5.74, 6) is 3.41. The number of benzene rings is 1. The lowest BCUT2D eigenvalue weighted by molar-refractivity contribution is 0.506. The molecule has 70 valence electrons. The molecule has 0 fully saturated rings. The standard InChI is InChI=1S/C12H11NO/c1-3-10(13-2)12-8-9-6-4-5-7-11(9)14-12/h1,4-8,10,13H,2H3. The van der Waals surface area contributed by atoms with Crippen LogP contribution in [0.25, 0.3) is 11.0 Å². The first-order valence-electron chi connectivity index (χ1n) is 4.47. The third-order valence-corrected chi connectivity index (χ3v) is 2.18. The Morgan fingerprint density at radius 3 is 2.86 bits per heavy atom. The van der Waals surface area contributed by atoms with E-state index in [4.69, 9.17) is 10.8 Å². The van der Waals surface area contributed by atoms with Crippen molar-refractivity contribution in [2.45, 2.75) is 6.04 Å². The van der Waals surface area contributed by atoms with Crippen LogP contribution in [0.2, 0.25) is 0 Å². The molecule has 1 unspecified atom stereocenters. The van der Waals surface area contributed by atoms with E-state index in [0.29, 0.717) is 0 Å². The third-order valence-electron chi connectivity index (χ3n) is 2.18. The minimum Gasteiger partial charge on any atom is -0.458 e. The molecule has 0 saturated heterocycles. The van der Waals surface area contributed by atoms with Gasteiger partial charge in [-0.15, -0.1) is 6.42 Å². The van der Waals surface area contributed by atoms with Gasteiger partial charge in [0, 0.05) is 5.39 Å². The van der Waals surface area contributed by atoms with Crippen LogP contribution < -0.4 is 5.32 Å². The zero-order valence-electron chi connectivity index (χ0n) is 7.95. The van der Waals surface area contributed by atoms with Gasteiger partial charge in [0.1, 0.15) is 17.4 Å². The summed E-state index contributed by atoms with van der Waals surface area (Å²) in [5, 5.41) is 4.08. The topological polar surface area (TPSA) is 25.2 Å². The van der Waals surface area contributed by atoms with Crippen LogP contribution in [0.5, 0.6) is 0 Å². The highest BCUT2D eigenvalue weighted by Gasteiger charge is 2.10. The molecular weight excluding hydrogens is 174 g/mol. The quantitative estimate of drug-likeness (QED) is 0.726. The van der Waals surface area contributed by atoms with Gasteiger partial charge in [-0.3, -0.25) is 0 Å². The Balaban J connectivity index is 2.50. The molecule has 1 atom stereocenters. The summed E-state index contributed by atoms with van der Waals surface area (Å²) in [7, 11) is 1.82. The van der Waals surface area contributed by atoms with Gasteiger partial charge in [-0.1, -0.05) is 24.1 Å². The number of para-hydroxylation sites is 1. The highest BCUT2D eigenvalue weighted by molar-refractivity contribution is 5.77. The van der Waals surface area contributed by atoms with Crippen molar-refractivity contribution in [1.29, 1.82) is 0 Å². The number of hydrogen-bond acceptors (Lipinski definition) is 2. The summed E-state index contributed by atoms with van der Waals surface area (Å²) in [6, 6.07) is 9.68. The average Bonchev–Trinajstić information content (AvgIpc) is 2.63. The Bertz CT molecular complexity index is 445. The highest BCUT2D eigenvalue weighted by Crippen LogP contribution is 2.22. The minimum atomic E-state index is -0.151. The summed E-state index contributed by atoms with van der Waals surface area (Å²) in [4.78, 5) is 0. The van der Waals surface area contributed by atoms with Crippen molar-refractivity contribution >= 4 is 11.0 Å². The number of nitrogens with one attached hydrogen (secondary N) is 1. The Morgan fingerprint density at radius 1 is 1.43 bits per heavy atom. The second kappa shape index (κ2) is 3.57. The number of rotatable bonds is 2. The second-order valence-electron chi connectivity index (χ2n) is 3.07. The molecule has 0 bridgehead atoms. The molecule has 0 aliphatic heterocycles. The Hall–Kier alpha value is -1.72. The molecule has 0 amide bonds. The van der Waals surface area contributed by atoms with Crippen molar-refractivity contribution in [3.63, 3.8) is 0 Å². The first-order chi connectivity index (χ1) is 6.85. The van der Waals surface area contributed by atoms with Gasteiger partial charge in [0.2, 0.25) is 0 Å². The molecule has 1 heterocycles. The lowest BCUT2D eigenvalue weighted by Crippen LogP contribution is -2.12. The van der Waals surface area contributed by atoms with E-state index in [0.717, 1.165) is 16.7 Å². The van der Waals surface area contributed by atoms with Crippen LogP contribution in [-0.4, -0.2) is 7.05 Å². The fourth-order valence-corrected chi connectivity index (χ4v) is 1.45. The molecule has 0 aliphatic rings. The van der Waals surface area contributed by atoms with E-state index >= 15 is 0 Å². The van der Waals surface area contributed by atoms with E-state index < -0.39 is 0 Å². The molecule has 2 nitrogen and oxygen atoms in total. The van der Waals surface area contributed by atoms with Gasteiger partial charge in [-0.25, -0.2) is 0 Å². The van der Waals surface area contributed by atoms with E-state index in [-0.39, 0.29) is 6.04 Å². The molecule has 14 heavy (non-hydrogen) atoms. The normalized spacial score (nSPS) is 12.6. The first-order valence-corrected chi connectivity index (χ1v) is 4.47. The fourth-order valence-electron chi connectivity index (χ4n) is 1.45. The maximum Gasteiger partial charge on any atom is 0.134 e. The van der Waals surface area contributed by atoms with Gasteiger partial charge in [0.05, 0.1) is 0 Å². The molecule has 2 aromatic rings. The summed E-state index contributed by atoms with van der Waals surface area (Å²) < 4.78 is 5.61. The average molecular weight is 185 g/mol. The van der Waals surface area contributed by atoms with Crippen molar-refractivity contribution < 1.29 is 4.42 Å².